The van der Waals surface area contributed by atoms with Crippen LogP contribution in [-0.4, -0.2) is 10.8 Å². The van der Waals surface area contributed by atoms with Crippen LogP contribution < -0.4 is 0 Å². The standard InChI is InChI=1S/C15H14BrN3S2/c1-2-3-8-19-14(13(9-17)21-15(19)20)18-10-11-4-6-12(16)7-5-11/h4-7,10H,2-3,8H2,1H3/b18-10+. The number of halogens is 1. The van der Waals surface area contributed by atoms with Crippen molar-refractivity contribution in [1.82, 2.24) is 4.57 Å². The molecule has 2 rings (SSSR count). The van der Waals surface area contributed by atoms with E-state index in [0.29, 0.717) is 14.6 Å². The highest BCUT2D eigenvalue weighted by atomic mass is 79.9. The first-order valence-corrected chi connectivity index (χ1v) is 8.61. The molecule has 0 aliphatic heterocycles. The number of hydrogen-bond donors (Lipinski definition) is 0. The molecule has 2 aromatic rings. The molecule has 0 bridgehead atoms. The monoisotopic (exact) mass is 379 g/mol. The Balaban J connectivity index is 2.35. The van der Waals surface area contributed by atoms with E-state index in [1.807, 2.05) is 28.8 Å². The molecule has 0 N–H and O–H groups in total. The van der Waals surface area contributed by atoms with Crippen LogP contribution in [0.4, 0.5) is 5.82 Å². The summed E-state index contributed by atoms with van der Waals surface area (Å²) in [5, 5.41) is 9.24. The third kappa shape index (κ3) is 4.10. The van der Waals surface area contributed by atoms with Crippen LogP contribution in [0.5, 0.6) is 0 Å². The quantitative estimate of drug-likeness (QED) is 0.510. The lowest BCUT2D eigenvalue weighted by Gasteiger charge is -2.04. The lowest BCUT2D eigenvalue weighted by atomic mass is 10.2. The number of aliphatic imine (C=N–C) groups is 1. The molecule has 0 spiro atoms. The molecule has 0 amide bonds. The topological polar surface area (TPSA) is 41.1 Å². The van der Waals surface area contributed by atoms with Gasteiger partial charge < -0.3 is 4.57 Å². The molecule has 0 saturated heterocycles. The van der Waals surface area contributed by atoms with E-state index in [-0.39, 0.29) is 0 Å². The van der Waals surface area contributed by atoms with Crippen molar-refractivity contribution < 1.29 is 0 Å². The third-order valence-electron chi connectivity index (χ3n) is 2.91. The minimum absolute atomic E-state index is 0.574. The molecule has 6 heteroatoms. The van der Waals surface area contributed by atoms with Gasteiger partial charge in [0.15, 0.2) is 14.6 Å². The summed E-state index contributed by atoms with van der Waals surface area (Å²) in [5.74, 6) is 0.670. The van der Waals surface area contributed by atoms with E-state index >= 15 is 0 Å². The van der Waals surface area contributed by atoms with Gasteiger partial charge in [0, 0.05) is 17.2 Å². The van der Waals surface area contributed by atoms with Crippen molar-refractivity contribution >= 4 is 51.5 Å². The van der Waals surface area contributed by atoms with Crippen molar-refractivity contribution in [3.8, 4) is 6.07 Å². The van der Waals surface area contributed by atoms with Gasteiger partial charge in [0.25, 0.3) is 0 Å². The van der Waals surface area contributed by atoms with E-state index < -0.39 is 0 Å². The van der Waals surface area contributed by atoms with E-state index in [1.165, 1.54) is 11.3 Å². The van der Waals surface area contributed by atoms with Gasteiger partial charge in [-0.15, -0.1) is 0 Å². The predicted octanol–water partition coefficient (Wildman–Crippen LogP) is 5.46. The van der Waals surface area contributed by atoms with Crippen molar-refractivity contribution in [2.75, 3.05) is 0 Å². The zero-order valence-electron chi connectivity index (χ0n) is 11.5. The molecule has 1 aromatic heterocycles. The average molecular weight is 380 g/mol. The smallest absolute Gasteiger partial charge is 0.164 e. The van der Waals surface area contributed by atoms with Crippen molar-refractivity contribution in [2.45, 2.75) is 26.3 Å². The van der Waals surface area contributed by atoms with Crippen LogP contribution in [0.2, 0.25) is 0 Å². The van der Waals surface area contributed by atoms with E-state index in [1.54, 1.807) is 6.21 Å². The summed E-state index contributed by atoms with van der Waals surface area (Å²) >= 11 is 10.1. The fourth-order valence-corrected chi connectivity index (χ4v) is 3.25. The maximum atomic E-state index is 9.24. The van der Waals surface area contributed by atoms with E-state index in [0.717, 1.165) is 29.4 Å². The molecule has 0 aliphatic carbocycles. The molecule has 3 nitrogen and oxygen atoms in total. The van der Waals surface area contributed by atoms with Gasteiger partial charge in [-0.2, -0.15) is 5.26 Å². The van der Waals surface area contributed by atoms with Crippen LogP contribution in [0.25, 0.3) is 0 Å². The largest absolute Gasteiger partial charge is 0.307 e. The van der Waals surface area contributed by atoms with Crippen LogP contribution in [0.3, 0.4) is 0 Å². The molecule has 0 atom stereocenters. The van der Waals surface area contributed by atoms with Crippen LogP contribution in [0.15, 0.2) is 33.7 Å². The molecule has 0 unspecified atom stereocenters. The number of nitrogens with zero attached hydrogens (tertiary/aromatic N) is 3. The van der Waals surface area contributed by atoms with E-state index in [9.17, 15) is 5.26 Å². The Bertz CT molecular complexity index is 736. The number of aromatic nitrogens is 1. The van der Waals surface area contributed by atoms with Gasteiger partial charge >= 0.3 is 0 Å². The van der Waals surface area contributed by atoms with Crippen LogP contribution in [0.1, 0.15) is 30.2 Å². The molecular weight excluding hydrogens is 366 g/mol. The van der Waals surface area contributed by atoms with Crippen LogP contribution in [0, 0.1) is 15.3 Å². The molecule has 108 valence electrons. The Labute approximate surface area is 141 Å². The number of benzene rings is 1. The minimum atomic E-state index is 0.574. The Morgan fingerprint density at radius 1 is 1.43 bits per heavy atom. The highest BCUT2D eigenvalue weighted by molar-refractivity contribution is 9.10. The second-order valence-corrected chi connectivity index (χ2v) is 7.01. The van der Waals surface area contributed by atoms with Gasteiger partial charge in [-0.3, -0.25) is 0 Å². The number of thiazole rings is 1. The predicted molar refractivity (Wildman–Crippen MR) is 94.2 cm³/mol. The summed E-state index contributed by atoms with van der Waals surface area (Å²) in [5.41, 5.74) is 0.987. The van der Waals surface area contributed by atoms with Crippen molar-refractivity contribution in [1.29, 1.82) is 5.26 Å². The summed E-state index contributed by atoms with van der Waals surface area (Å²) in [6.07, 6.45) is 3.87. The second-order valence-electron chi connectivity index (χ2n) is 4.45. The Morgan fingerprint density at radius 2 is 2.14 bits per heavy atom. The number of unbranched alkanes of at least 4 members (excludes halogenated alkanes) is 1. The van der Waals surface area contributed by atoms with Gasteiger partial charge in [-0.1, -0.05) is 52.7 Å². The summed E-state index contributed by atoms with van der Waals surface area (Å²) < 4.78 is 3.69. The highest BCUT2D eigenvalue weighted by Gasteiger charge is 2.11. The Hall–Kier alpha value is -1.29. The van der Waals surface area contributed by atoms with E-state index in [2.05, 4.69) is 33.9 Å². The van der Waals surface area contributed by atoms with Gasteiger partial charge in [0.2, 0.25) is 0 Å². The molecular formula is C15H14BrN3S2. The zero-order chi connectivity index (χ0) is 15.2. The first kappa shape index (κ1) is 16.1. The SMILES string of the molecule is CCCCn1c(/N=C/c2ccc(Br)cc2)c(C#N)sc1=S. The first-order valence-electron chi connectivity index (χ1n) is 6.59. The molecule has 1 heterocycles. The lowest BCUT2D eigenvalue weighted by molar-refractivity contribution is 0.635. The van der Waals surface area contributed by atoms with Gasteiger partial charge in [-0.25, -0.2) is 4.99 Å². The molecule has 0 fully saturated rings. The summed E-state index contributed by atoms with van der Waals surface area (Å²) in [7, 11) is 0. The van der Waals surface area contributed by atoms with Gasteiger partial charge in [-0.05, 0) is 36.3 Å². The fourth-order valence-electron chi connectivity index (χ4n) is 1.80. The highest BCUT2D eigenvalue weighted by Crippen LogP contribution is 2.27. The van der Waals surface area contributed by atoms with Crippen LogP contribution >= 0.6 is 39.5 Å². The Morgan fingerprint density at radius 3 is 2.76 bits per heavy atom. The van der Waals surface area contributed by atoms with Crippen molar-refractivity contribution in [2.24, 2.45) is 4.99 Å². The van der Waals surface area contributed by atoms with Crippen molar-refractivity contribution in [3.05, 3.63) is 43.1 Å². The number of nitriles is 1. The molecule has 0 radical (unpaired) electrons. The van der Waals surface area contributed by atoms with Gasteiger partial charge in [0.05, 0.1) is 0 Å². The summed E-state index contributed by atoms with van der Waals surface area (Å²) in [4.78, 5) is 5.07. The fraction of sp³-hybridized carbons (Fsp3) is 0.267. The molecule has 1 aromatic carbocycles. The second kappa shape index (κ2) is 7.64. The Kier molecular flexibility index (Phi) is 5.85. The van der Waals surface area contributed by atoms with Gasteiger partial charge in [0.1, 0.15) is 6.07 Å². The average Bonchev–Trinajstić information content (AvgIpc) is 2.80. The van der Waals surface area contributed by atoms with E-state index in [4.69, 9.17) is 12.2 Å². The van der Waals surface area contributed by atoms with Crippen LogP contribution in [-0.2, 0) is 6.54 Å². The maximum absolute atomic E-state index is 9.24. The minimum Gasteiger partial charge on any atom is -0.307 e. The lowest BCUT2D eigenvalue weighted by Crippen LogP contribution is -1.97. The maximum Gasteiger partial charge on any atom is 0.164 e. The number of hydrogen-bond acceptors (Lipinski definition) is 4. The third-order valence-corrected chi connectivity index (χ3v) is 4.78. The van der Waals surface area contributed by atoms with Crippen molar-refractivity contribution in [3.63, 3.8) is 0 Å². The zero-order valence-corrected chi connectivity index (χ0v) is 14.8. The first-order chi connectivity index (χ1) is 10.2. The molecule has 0 saturated carbocycles. The summed E-state index contributed by atoms with van der Waals surface area (Å²) in [6.45, 7) is 2.94. The normalized spacial score (nSPS) is 10.9. The number of rotatable bonds is 5. The molecule has 21 heavy (non-hydrogen) atoms. The summed E-state index contributed by atoms with van der Waals surface area (Å²) in [6, 6.07) is 10.1. The molecule has 0 aliphatic rings.